The van der Waals surface area contributed by atoms with Gasteiger partial charge in [0.25, 0.3) is 0 Å². The summed E-state index contributed by atoms with van der Waals surface area (Å²) < 4.78 is 5.57. The summed E-state index contributed by atoms with van der Waals surface area (Å²) in [5, 5.41) is 0. The highest BCUT2D eigenvalue weighted by Gasteiger charge is 2.45. The molecule has 19 heavy (non-hydrogen) atoms. The maximum absolute atomic E-state index is 12.3. The second-order valence-corrected chi connectivity index (χ2v) is 7.39. The molecule has 2 bridgehead atoms. The lowest BCUT2D eigenvalue weighted by Gasteiger charge is -2.41. The van der Waals surface area contributed by atoms with Crippen LogP contribution in [0.3, 0.4) is 0 Å². The van der Waals surface area contributed by atoms with Gasteiger partial charge in [-0.2, -0.15) is 0 Å². The van der Waals surface area contributed by atoms with E-state index >= 15 is 0 Å². The molecule has 1 amide bonds. The largest absolute Gasteiger partial charge is 0.444 e. The molecule has 0 aliphatic carbocycles. The fraction of sp³-hybridized carbons (Fsp3) is 0.938. The summed E-state index contributed by atoms with van der Waals surface area (Å²) in [6.45, 7) is 10.5. The van der Waals surface area contributed by atoms with Crippen LogP contribution in [0.15, 0.2) is 0 Å². The number of fused-ring (bicyclic) bond motifs is 2. The second kappa shape index (κ2) is 5.34. The van der Waals surface area contributed by atoms with E-state index in [1.54, 1.807) is 0 Å². The number of hydrogen-bond acceptors (Lipinski definition) is 2. The van der Waals surface area contributed by atoms with Crippen molar-refractivity contribution in [3.05, 3.63) is 0 Å². The van der Waals surface area contributed by atoms with Gasteiger partial charge in [0.05, 0.1) is 0 Å². The molecule has 2 aliphatic rings. The molecule has 0 aromatic heterocycles. The van der Waals surface area contributed by atoms with Crippen molar-refractivity contribution in [3.8, 4) is 0 Å². The first-order chi connectivity index (χ1) is 8.81. The normalized spacial score (nSPS) is 32.3. The zero-order valence-corrected chi connectivity index (χ0v) is 13.1. The summed E-state index contributed by atoms with van der Waals surface area (Å²) in [5.74, 6) is 1.57. The molecular formula is C16H29NO2. The van der Waals surface area contributed by atoms with Crippen LogP contribution >= 0.6 is 0 Å². The van der Waals surface area contributed by atoms with E-state index in [2.05, 4.69) is 13.8 Å². The lowest BCUT2D eigenvalue weighted by molar-refractivity contribution is -0.00161. The van der Waals surface area contributed by atoms with Crippen LogP contribution in [0.1, 0.15) is 66.7 Å². The highest BCUT2D eigenvalue weighted by atomic mass is 16.6. The van der Waals surface area contributed by atoms with E-state index in [-0.39, 0.29) is 11.7 Å². The van der Waals surface area contributed by atoms with Crippen LogP contribution in [0.4, 0.5) is 4.79 Å². The average molecular weight is 267 g/mol. The van der Waals surface area contributed by atoms with Gasteiger partial charge in [-0.05, 0) is 58.3 Å². The second-order valence-electron chi connectivity index (χ2n) is 7.39. The van der Waals surface area contributed by atoms with E-state index in [0.717, 1.165) is 24.7 Å². The van der Waals surface area contributed by atoms with Crippen LogP contribution in [-0.2, 0) is 4.74 Å². The van der Waals surface area contributed by atoms with Gasteiger partial charge in [-0.3, -0.25) is 0 Å². The van der Waals surface area contributed by atoms with Gasteiger partial charge >= 0.3 is 6.09 Å². The maximum Gasteiger partial charge on any atom is 0.410 e. The Morgan fingerprint density at radius 2 is 1.79 bits per heavy atom. The number of rotatable bonds is 2. The van der Waals surface area contributed by atoms with E-state index in [1.165, 1.54) is 19.3 Å². The van der Waals surface area contributed by atoms with Crippen LogP contribution < -0.4 is 0 Å². The lowest BCUT2D eigenvalue weighted by atomic mass is 9.81. The molecule has 3 unspecified atom stereocenters. The Bertz CT molecular complexity index is 320. The third kappa shape index (κ3) is 3.24. The minimum absolute atomic E-state index is 0.0948. The Hall–Kier alpha value is -0.730. The van der Waals surface area contributed by atoms with Crippen molar-refractivity contribution >= 4 is 6.09 Å². The Morgan fingerprint density at radius 3 is 2.21 bits per heavy atom. The summed E-state index contributed by atoms with van der Waals surface area (Å²) >= 11 is 0. The van der Waals surface area contributed by atoms with E-state index in [1.807, 2.05) is 25.7 Å². The van der Waals surface area contributed by atoms with Gasteiger partial charge in [0, 0.05) is 12.1 Å². The van der Waals surface area contributed by atoms with Crippen LogP contribution in [-0.4, -0.2) is 28.7 Å². The molecule has 110 valence electrons. The molecule has 0 aromatic carbocycles. The Labute approximate surface area is 117 Å². The number of amides is 1. The number of carbonyl (C=O) groups is 1. The smallest absolute Gasteiger partial charge is 0.410 e. The predicted octanol–water partition coefficient (Wildman–Crippen LogP) is 4.21. The Kier molecular flexibility index (Phi) is 4.12. The minimum Gasteiger partial charge on any atom is -0.444 e. The standard InChI is InChI=1S/C16H29NO2/c1-6-11(2)12-9-13-7-8-14(10-12)17(13)15(18)19-16(3,4)5/h11-14H,6-10H2,1-5H3. The first kappa shape index (κ1) is 14.7. The van der Waals surface area contributed by atoms with Gasteiger partial charge < -0.3 is 9.64 Å². The molecular weight excluding hydrogens is 238 g/mol. The third-order valence-electron chi connectivity index (χ3n) is 4.82. The van der Waals surface area contributed by atoms with Crippen LogP contribution in [0.2, 0.25) is 0 Å². The van der Waals surface area contributed by atoms with E-state index < -0.39 is 0 Å². The molecule has 0 aromatic rings. The molecule has 2 heterocycles. The molecule has 2 saturated heterocycles. The van der Waals surface area contributed by atoms with Crippen LogP contribution in [0.25, 0.3) is 0 Å². The van der Waals surface area contributed by atoms with Crippen molar-refractivity contribution in [1.29, 1.82) is 0 Å². The van der Waals surface area contributed by atoms with Gasteiger partial charge in [0.15, 0.2) is 0 Å². The van der Waals surface area contributed by atoms with Gasteiger partial charge in [-0.1, -0.05) is 20.3 Å². The number of hydrogen-bond donors (Lipinski definition) is 0. The third-order valence-corrected chi connectivity index (χ3v) is 4.82. The van der Waals surface area contributed by atoms with E-state index in [9.17, 15) is 4.79 Å². The van der Waals surface area contributed by atoms with Crippen molar-refractivity contribution < 1.29 is 9.53 Å². The Balaban J connectivity index is 2.01. The first-order valence-electron chi connectivity index (χ1n) is 7.83. The van der Waals surface area contributed by atoms with Crippen molar-refractivity contribution in [2.75, 3.05) is 0 Å². The van der Waals surface area contributed by atoms with Gasteiger partial charge in [0.1, 0.15) is 5.60 Å². The van der Waals surface area contributed by atoms with Gasteiger partial charge in [0.2, 0.25) is 0 Å². The van der Waals surface area contributed by atoms with Crippen molar-refractivity contribution in [3.63, 3.8) is 0 Å². The predicted molar refractivity (Wildman–Crippen MR) is 77.1 cm³/mol. The van der Waals surface area contributed by atoms with Crippen molar-refractivity contribution in [2.45, 2.75) is 84.4 Å². The fourth-order valence-electron chi connectivity index (χ4n) is 3.63. The zero-order chi connectivity index (χ0) is 14.2. The van der Waals surface area contributed by atoms with Crippen molar-refractivity contribution in [2.24, 2.45) is 11.8 Å². The first-order valence-corrected chi connectivity index (χ1v) is 7.83. The zero-order valence-electron chi connectivity index (χ0n) is 13.1. The molecule has 3 nitrogen and oxygen atoms in total. The lowest BCUT2D eigenvalue weighted by Crippen LogP contribution is -2.49. The van der Waals surface area contributed by atoms with Crippen LogP contribution in [0.5, 0.6) is 0 Å². The average Bonchev–Trinajstić information content (AvgIpc) is 2.57. The molecule has 0 N–H and O–H groups in total. The molecule has 0 radical (unpaired) electrons. The van der Waals surface area contributed by atoms with Gasteiger partial charge in [-0.25, -0.2) is 4.79 Å². The monoisotopic (exact) mass is 267 g/mol. The summed E-state index contributed by atoms with van der Waals surface area (Å²) in [5.41, 5.74) is -0.385. The Morgan fingerprint density at radius 1 is 1.26 bits per heavy atom. The molecule has 0 spiro atoms. The number of nitrogens with zero attached hydrogens (tertiary/aromatic N) is 1. The van der Waals surface area contributed by atoms with E-state index in [4.69, 9.17) is 4.74 Å². The summed E-state index contributed by atoms with van der Waals surface area (Å²) in [6.07, 6.45) is 5.82. The molecule has 3 atom stereocenters. The van der Waals surface area contributed by atoms with E-state index in [0.29, 0.717) is 12.1 Å². The SMILES string of the molecule is CCC(C)C1CC2CCC(C1)N2C(=O)OC(C)(C)C. The molecule has 2 rings (SSSR count). The molecule has 3 heteroatoms. The highest BCUT2D eigenvalue weighted by molar-refractivity contribution is 5.69. The number of ether oxygens (including phenoxy) is 1. The maximum atomic E-state index is 12.3. The summed E-state index contributed by atoms with van der Waals surface area (Å²) in [6, 6.07) is 0.847. The molecule has 2 aliphatic heterocycles. The number of piperidine rings is 1. The topological polar surface area (TPSA) is 29.5 Å². The number of carbonyl (C=O) groups excluding carboxylic acids is 1. The van der Waals surface area contributed by atoms with Gasteiger partial charge in [-0.15, -0.1) is 0 Å². The quantitative estimate of drug-likeness (QED) is 0.750. The molecule has 2 fully saturated rings. The highest BCUT2D eigenvalue weighted by Crippen LogP contribution is 2.42. The fourth-order valence-corrected chi connectivity index (χ4v) is 3.63. The molecule has 0 saturated carbocycles. The van der Waals surface area contributed by atoms with Crippen molar-refractivity contribution in [1.82, 2.24) is 4.90 Å². The minimum atomic E-state index is -0.385. The van der Waals surface area contributed by atoms with Crippen LogP contribution in [0, 0.1) is 11.8 Å². The summed E-state index contributed by atoms with van der Waals surface area (Å²) in [7, 11) is 0. The summed E-state index contributed by atoms with van der Waals surface area (Å²) in [4.78, 5) is 14.4.